The minimum absolute atomic E-state index is 0.0581. The maximum atomic E-state index is 13.1. The average molecular weight is 1160 g/mol. The third-order valence-corrected chi connectivity index (χ3v) is 12.7. The maximum Gasteiger partial charge on any atom is 0.498 e. The lowest BCUT2D eigenvalue weighted by atomic mass is 9.81. The van der Waals surface area contributed by atoms with Crippen molar-refractivity contribution in [3.63, 3.8) is 0 Å². The van der Waals surface area contributed by atoms with Crippen molar-refractivity contribution in [2.24, 2.45) is 10.7 Å². The van der Waals surface area contributed by atoms with Gasteiger partial charge in [-0.2, -0.15) is 25.4 Å². The molecule has 2 fully saturated rings. The van der Waals surface area contributed by atoms with Gasteiger partial charge in [-0.05, 0) is 144 Å². The van der Waals surface area contributed by atoms with Gasteiger partial charge in [0.2, 0.25) is 0 Å². The fraction of sp³-hybridized carbons (Fsp3) is 0.509. The molecule has 3 aromatic heterocycles. The second-order valence-corrected chi connectivity index (χ2v) is 22.5. The third-order valence-electron chi connectivity index (χ3n) is 11.7. The van der Waals surface area contributed by atoms with Gasteiger partial charge in [-0.25, -0.2) is 19.2 Å². The zero-order valence-electron chi connectivity index (χ0n) is 45.7. The number of nitrogens with zero attached hydrogens (tertiary/aromatic N) is 9. The summed E-state index contributed by atoms with van der Waals surface area (Å²) in [6.45, 7) is 30.0. The molecular formula is C53H73BBr2FN13O5. The fourth-order valence-electron chi connectivity index (χ4n) is 7.34. The Bertz CT molecular complexity index is 2840. The van der Waals surface area contributed by atoms with E-state index in [1.165, 1.54) is 17.2 Å². The first-order chi connectivity index (χ1) is 35.1. The number of aliphatic imine (C=N–C) groups is 1. The lowest BCUT2D eigenvalue weighted by Crippen LogP contribution is -2.41. The molecule has 0 bridgehead atoms. The number of hydrogen-bond acceptors (Lipinski definition) is 16. The number of hydrogen-bond donors (Lipinski definition) is 4. The van der Waals surface area contributed by atoms with Gasteiger partial charge in [-0.3, -0.25) is 10.1 Å². The largest absolute Gasteiger partial charge is 0.498 e. The third kappa shape index (κ3) is 17.5. The van der Waals surface area contributed by atoms with Crippen LogP contribution in [0.15, 0.2) is 74.0 Å². The molecule has 6 heterocycles. The van der Waals surface area contributed by atoms with E-state index in [0.29, 0.717) is 46.7 Å². The maximum absolute atomic E-state index is 13.1. The number of nitrogens with one attached hydrogen (secondary N) is 2. The molecule has 0 atom stereocenters. The summed E-state index contributed by atoms with van der Waals surface area (Å²) >= 11 is 6.62. The Labute approximate surface area is 458 Å². The van der Waals surface area contributed by atoms with Crippen molar-refractivity contribution < 1.29 is 28.0 Å². The van der Waals surface area contributed by atoms with E-state index in [2.05, 4.69) is 92.2 Å². The molecule has 5 aromatic rings. The summed E-state index contributed by atoms with van der Waals surface area (Å²) in [6, 6.07) is 15.5. The van der Waals surface area contributed by atoms with Gasteiger partial charge in [0.1, 0.15) is 34.9 Å². The number of aromatic nitrogens is 6. The minimum Gasteiger partial charge on any atom is -0.461 e. The van der Waals surface area contributed by atoms with Gasteiger partial charge in [0.05, 0.1) is 52.0 Å². The second-order valence-electron chi connectivity index (χ2n) is 20.7. The normalized spacial score (nSPS) is 15.6. The van der Waals surface area contributed by atoms with E-state index < -0.39 is 18.8 Å². The molecule has 0 spiro atoms. The average Bonchev–Trinajstić information content (AvgIpc) is 4.07. The number of carbonyl (C=O) groups excluding carboxylic acids is 1. The molecule has 2 saturated heterocycles. The first kappa shape index (κ1) is 61.5. The first-order valence-electron chi connectivity index (χ1n) is 25.0. The van der Waals surface area contributed by atoms with Crippen molar-refractivity contribution in [1.82, 2.24) is 29.9 Å². The number of nitrogens with two attached hydrogens (primary N) is 2. The smallest absolute Gasteiger partial charge is 0.461 e. The van der Waals surface area contributed by atoms with Crippen LogP contribution in [-0.2, 0) is 14.0 Å². The Morgan fingerprint density at radius 3 is 2.05 bits per heavy atom. The van der Waals surface area contributed by atoms with E-state index in [1.54, 1.807) is 18.5 Å². The van der Waals surface area contributed by atoms with Gasteiger partial charge in [-0.15, -0.1) is 0 Å². The Morgan fingerprint density at radius 2 is 1.55 bits per heavy atom. The predicted octanol–water partition coefficient (Wildman–Crippen LogP) is 11.1. The molecule has 22 heteroatoms. The SMILES string of the molecule is CC(C)Nc1ccc(Br)cc1F.CC(C)Oc1ncc(B2OC(C)(C)C(C)(C)O2)cn1.CC(C)c1nn(C(=O)OC(C)(C)C)c2cc(Br)ccc12.CCC1=NCC(N)=C1C#N.N#Cc1c(N2CCCCC2)n[nH]c1N. The summed E-state index contributed by atoms with van der Waals surface area (Å²) in [4.78, 5) is 26.8. The minimum atomic E-state index is -0.542. The number of ether oxygens (including phenoxy) is 2. The number of H-pyrrole nitrogens is 1. The number of halogens is 3. The molecule has 404 valence electrons. The molecule has 3 aliphatic rings. The number of nitrogen functional groups attached to an aromatic ring is 1. The Balaban J connectivity index is 0.000000207. The lowest BCUT2D eigenvalue weighted by molar-refractivity contribution is 0.00578. The molecule has 75 heavy (non-hydrogen) atoms. The molecule has 0 radical (unpaired) electrons. The number of nitriles is 2. The number of fused-ring (bicyclic) bond motifs is 1. The van der Waals surface area contributed by atoms with Crippen LogP contribution in [0.25, 0.3) is 10.9 Å². The van der Waals surface area contributed by atoms with Crippen LogP contribution in [0.4, 0.5) is 26.5 Å². The van der Waals surface area contributed by atoms with Gasteiger partial charge in [-0.1, -0.05) is 52.6 Å². The molecule has 8 rings (SSSR count). The molecule has 0 saturated carbocycles. The van der Waals surface area contributed by atoms with Crippen molar-refractivity contribution in [2.45, 2.75) is 157 Å². The highest BCUT2D eigenvalue weighted by Crippen LogP contribution is 2.36. The Morgan fingerprint density at radius 1 is 0.947 bits per heavy atom. The zero-order chi connectivity index (χ0) is 56.0. The van der Waals surface area contributed by atoms with Gasteiger partial charge >= 0.3 is 19.2 Å². The molecule has 0 aliphatic carbocycles. The molecule has 6 N–H and O–H groups in total. The number of carbonyl (C=O) groups is 1. The Hall–Kier alpha value is -6.07. The molecule has 18 nitrogen and oxygen atoms in total. The summed E-state index contributed by atoms with van der Waals surface area (Å²) in [6.07, 6.45) is 7.37. The van der Waals surface area contributed by atoms with Crippen LogP contribution in [0, 0.1) is 28.5 Å². The summed E-state index contributed by atoms with van der Waals surface area (Å²) in [5.74, 6) is 1.10. The van der Waals surface area contributed by atoms with Crippen molar-refractivity contribution in [2.75, 3.05) is 35.6 Å². The molecule has 2 aromatic carbocycles. The van der Waals surface area contributed by atoms with Crippen molar-refractivity contribution in [3.8, 4) is 18.1 Å². The topological polar surface area (TPSA) is 254 Å². The van der Waals surface area contributed by atoms with E-state index in [1.807, 2.05) is 113 Å². The number of allylic oxidation sites excluding steroid dienone is 1. The van der Waals surface area contributed by atoms with Crippen LogP contribution in [0.5, 0.6) is 6.01 Å². The van der Waals surface area contributed by atoms with Crippen LogP contribution in [0.2, 0.25) is 0 Å². The Kier molecular flexibility index (Phi) is 22.2. The van der Waals surface area contributed by atoms with E-state index in [0.717, 1.165) is 69.1 Å². The molecule has 0 unspecified atom stereocenters. The summed E-state index contributed by atoms with van der Waals surface area (Å²) in [7, 11) is -0.432. The van der Waals surface area contributed by atoms with E-state index in [9.17, 15) is 9.18 Å². The van der Waals surface area contributed by atoms with Crippen LogP contribution >= 0.6 is 31.9 Å². The van der Waals surface area contributed by atoms with Crippen molar-refractivity contribution >= 4 is 84.5 Å². The van der Waals surface area contributed by atoms with Crippen LogP contribution in [0.3, 0.4) is 0 Å². The fourth-order valence-corrected chi connectivity index (χ4v) is 8.02. The predicted molar refractivity (Wildman–Crippen MR) is 303 cm³/mol. The number of anilines is 3. The number of aromatic amines is 1. The standard InChI is InChI=1S/C15H19BrN2O2.C13H21BN2O3.C9H11BrFN.C9H13N5.C7H9N3/c1-9(2)13-11-7-6-10(16)8-12(11)18(17-13)14(19)20-15(3,4)5;1-9(2)17-11-15-7-10(8-16-11)14-18-12(3,4)13(5,6)19-14;1-6(2)12-9-4-3-7(10)5-8(9)11;10-6-7-8(11)12-13-9(7)14-4-2-1-3-5-14;1-2-7-5(3-8)6(9)4-10-7/h6-9H,1-5H3;7-9H,1-6H3;3-6,12H,1-2H3;1-5H2,(H3,11,12,13);2,4,9H2,1H3. The van der Waals surface area contributed by atoms with Gasteiger partial charge in [0.15, 0.2) is 5.82 Å². The summed E-state index contributed by atoms with van der Waals surface area (Å²) in [5, 5.41) is 32.6. The highest BCUT2D eigenvalue weighted by atomic mass is 79.9. The van der Waals surface area contributed by atoms with Crippen LogP contribution in [-0.4, -0.2) is 97.5 Å². The van der Waals surface area contributed by atoms with E-state index in [-0.39, 0.29) is 35.1 Å². The van der Waals surface area contributed by atoms with E-state index in [4.69, 9.17) is 40.8 Å². The monoisotopic (exact) mass is 1160 g/mol. The number of benzene rings is 2. The lowest BCUT2D eigenvalue weighted by Gasteiger charge is -2.32. The van der Waals surface area contributed by atoms with Crippen molar-refractivity contribution in [1.29, 1.82) is 10.5 Å². The second kappa shape index (κ2) is 27.1. The summed E-state index contributed by atoms with van der Waals surface area (Å²) < 4.78 is 38.8. The van der Waals surface area contributed by atoms with Crippen molar-refractivity contribution in [3.05, 3.63) is 86.1 Å². The highest BCUT2D eigenvalue weighted by Gasteiger charge is 2.52. The molecular weight excluding hydrogens is 1090 g/mol. The first-order valence-corrected chi connectivity index (χ1v) is 26.6. The van der Waals surface area contributed by atoms with Gasteiger partial charge < -0.3 is 40.5 Å². The van der Waals surface area contributed by atoms with Crippen LogP contribution in [0.1, 0.15) is 140 Å². The number of rotatable bonds is 8. The van der Waals surface area contributed by atoms with Gasteiger partial charge in [0, 0.05) is 57.0 Å². The molecule has 3 aliphatic heterocycles. The molecule has 0 amide bonds. The van der Waals surface area contributed by atoms with Gasteiger partial charge in [0.25, 0.3) is 0 Å². The number of piperidine rings is 1. The zero-order valence-corrected chi connectivity index (χ0v) is 48.9. The van der Waals surface area contributed by atoms with Crippen LogP contribution < -0.4 is 31.9 Å². The van der Waals surface area contributed by atoms with E-state index >= 15 is 0 Å². The summed E-state index contributed by atoms with van der Waals surface area (Å²) in [5.41, 5.74) is 15.4. The highest BCUT2D eigenvalue weighted by molar-refractivity contribution is 9.10. The quantitative estimate of drug-likeness (QED) is 0.105.